The molecule has 0 aliphatic rings. The monoisotopic (exact) mass is 425 g/mol. The van der Waals surface area contributed by atoms with Crippen molar-refractivity contribution in [2.45, 2.75) is 40.3 Å². The van der Waals surface area contributed by atoms with E-state index in [9.17, 15) is 4.79 Å². The molecule has 1 heterocycles. The first kappa shape index (κ1) is 21.9. The number of halogens is 1. The SMILES string of the molecule is CCN(CC)c1onc(-c2ccccc2)c1CN(C(=O)c1ccc(Cl)cc1)C(C)C. The Morgan fingerprint density at radius 1 is 1.03 bits per heavy atom. The van der Waals surface area contributed by atoms with E-state index in [2.05, 4.69) is 23.9 Å². The van der Waals surface area contributed by atoms with Crippen molar-refractivity contribution in [1.82, 2.24) is 10.1 Å². The zero-order chi connectivity index (χ0) is 21.7. The normalized spacial score (nSPS) is 11.0. The number of nitrogens with zero attached hydrogens (tertiary/aromatic N) is 3. The van der Waals surface area contributed by atoms with Gasteiger partial charge in [0.25, 0.3) is 5.91 Å². The van der Waals surface area contributed by atoms with Gasteiger partial charge in [0, 0.05) is 35.3 Å². The molecule has 30 heavy (non-hydrogen) atoms. The van der Waals surface area contributed by atoms with Gasteiger partial charge in [0.1, 0.15) is 5.69 Å². The highest BCUT2D eigenvalue weighted by Gasteiger charge is 2.27. The summed E-state index contributed by atoms with van der Waals surface area (Å²) in [6.45, 7) is 10.2. The zero-order valence-corrected chi connectivity index (χ0v) is 18.7. The van der Waals surface area contributed by atoms with Gasteiger partial charge in [-0.2, -0.15) is 0 Å². The van der Waals surface area contributed by atoms with E-state index >= 15 is 0 Å². The third-order valence-corrected chi connectivity index (χ3v) is 5.42. The van der Waals surface area contributed by atoms with Crippen LogP contribution in [0.25, 0.3) is 11.3 Å². The smallest absolute Gasteiger partial charge is 0.254 e. The molecule has 0 atom stereocenters. The molecule has 6 heteroatoms. The summed E-state index contributed by atoms with van der Waals surface area (Å²) in [5.74, 6) is 0.667. The fourth-order valence-electron chi connectivity index (χ4n) is 3.44. The predicted octanol–water partition coefficient (Wildman–Crippen LogP) is 5.89. The van der Waals surface area contributed by atoms with E-state index in [0.717, 1.165) is 29.9 Å². The maximum Gasteiger partial charge on any atom is 0.254 e. The Hall–Kier alpha value is -2.79. The van der Waals surface area contributed by atoms with Crippen molar-refractivity contribution in [3.8, 4) is 11.3 Å². The summed E-state index contributed by atoms with van der Waals surface area (Å²) in [5, 5.41) is 5.00. The number of carbonyl (C=O) groups is 1. The van der Waals surface area contributed by atoms with E-state index in [1.54, 1.807) is 24.3 Å². The summed E-state index contributed by atoms with van der Waals surface area (Å²) >= 11 is 6.00. The Labute approximate surface area is 183 Å². The van der Waals surface area contributed by atoms with Gasteiger partial charge < -0.3 is 14.3 Å². The highest BCUT2D eigenvalue weighted by atomic mass is 35.5. The number of hydrogen-bond acceptors (Lipinski definition) is 4. The Morgan fingerprint density at radius 3 is 2.23 bits per heavy atom. The minimum Gasteiger partial charge on any atom is -0.341 e. The summed E-state index contributed by atoms with van der Waals surface area (Å²) in [4.78, 5) is 17.3. The van der Waals surface area contributed by atoms with Crippen LogP contribution < -0.4 is 4.90 Å². The van der Waals surface area contributed by atoms with Gasteiger partial charge in [-0.15, -0.1) is 0 Å². The largest absolute Gasteiger partial charge is 0.341 e. The lowest BCUT2D eigenvalue weighted by Crippen LogP contribution is -2.37. The first-order valence-corrected chi connectivity index (χ1v) is 10.7. The summed E-state index contributed by atoms with van der Waals surface area (Å²) < 4.78 is 5.80. The summed E-state index contributed by atoms with van der Waals surface area (Å²) in [7, 11) is 0. The molecule has 0 unspecified atom stereocenters. The van der Waals surface area contributed by atoms with Crippen LogP contribution in [-0.4, -0.2) is 35.1 Å². The van der Waals surface area contributed by atoms with Crippen molar-refractivity contribution >= 4 is 23.4 Å². The quantitative estimate of drug-likeness (QED) is 0.451. The minimum absolute atomic E-state index is 0.00347. The Balaban J connectivity index is 2.03. The van der Waals surface area contributed by atoms with E-state index in [1.807, 2.05) is 49.1 Å². The Morgan fingerprint density at radius 2 is 1.67 bits per heavy atom. The molecule has 0 spiro atoms. The van der Waals surface area contributed by atoms with Gasteiger partial charge in [-0.25, -0.2) is 0 Å². The molecule has 2 aromatic carbocycles. The molecule has 5 nitrogen and oxygen atoms in total. The lowest BCUT2D eigenvalue weighted by atomic mass is 10.1. The first-order valence-electron chi connectivity index (χ1n) is 10.3. The summed E-state index contributed by atoms with van der Waals surface area (Å²) in [5.41, 5.74) is 3.26. The molecule has 0 N–H and O–H groups in total. The highest BCUT2D eigenvalue weighted by molar-refractivity contribution is 6.30. The predicted molar refractivity (Wildman–Crippen MR) is 122 cm³/mol. The third-order valence-electron chi connectivity index (χ3n) is 5.17. The molecule has 1 amide bonds. The van der Waals surface area contributed by atoms with Gasteiger partial charge >= 0.3 is 0 Å². The van der Waals surface area contributed by atoms with Crippen LogP contribution in [-0.2, 0) is 6.54 Å². The van der Waals surface area contributed by atoms with E-state index in [1.165, 1.54) is 0 Å². The van der Waals surface area contributed by atoms with Gasteiger partial charge in [0.05, 0.1) is 12.1 Å². The van der Waals surface area contributed by atoms with Gasteiger partial charge in [-0.1, -0.05) is 47.1 Å². The maximum absolute atomic E-state index is 13.3. The number of hydrogen-bond donors (Lipinski definition) is 0. The van der Waals surface area contributed by atoms with Crippen LogP contribution in [0.4, 0.5) is 5.88 Å². The lowest BCUT2D eigenvalue weighted by Gasteiger charge is -2.28. The number of aromatic nitrogens is 1. The molecular formula is C24H28ClN3O2. The number of anilines is 1. The van der Waals surface area contributed by atoms with Gasteiger partial charge in [-0.05, 0) is 52.0 Å². The second kappa shape index (κ2) is 9.81. The van der Waals surface area contributed by atoms with Gasteiger partial charge in [0.2, 0.25) is 5.88 Å². The fraction of sp³-hybridized carbons (Fsp3) is 0.333. The molecule has 0 radical (unpaired) electrons. The molecule has 0 saturated heterocycles. The van der Waals surface area contributed by atoms with Crippen molar-refractivity contribution in [2.24, 2.45) is 0 Å². The molecule has 0 fully saturated rings. The molecule has 0 saturated carbocycles. The number of rotatable bonds is 8. The van der Waals surface area contributed by atoms with Crippen LogP contribution in [0.1, 0.15) is 43.6 Å². The topological polar surface area (TPSA) is 49.6 Å². The molecule has 158 valence electrons. The second-order valence-corrected chi connectivity index (χ2v) is 7.82. The van der Waals surface area contributed by atoms with Crippen molar-refractivity contribution in [1.29, 1.82) is 0 Å². The fourth-order valence-corrected chi connectivity index (χ4v) is 3.57. The molecule has 0 aliphatic heterocycles. The van der Waals surface area contributed by atoms with E-state index in [4.69, 9.17) is 16.1 Å². The average molecular weight is 426 g/mol. The molecular weight excluding hydrogens is 398 g/mol. The number of carbonyl (C=O) groups excluding carboxylic acids is 1. The van der Waals surface area contributed by atoms with Gasteiger partial charge in [0.15, 0.2) is 0 Å². The molecule has 3 aromatic rings. The van der Waals surface area contributed by atoms with Gasteiger partial charge in [-0.3, -0.25) is 4.79 Å². The minimum atomic E-state index is -0.0487. The van der Waals surface area contributed by atoms with E-state index in [0.29, 0.717) is 23.0 Å². The van der Waals surface area contributed by atoms with Crippen LogP contribution in [0.15, 0.2) is 59.1 Å². The van der Waals surface area contributed by atoms with E-state index in [-0.39, 0.29) is 11.9 Å². The Kier molecular flexibility index (Phi) is 7.16. The molecule has 0 bridgehead atoms. The van der Waals surface area contributed by atoms with Crippen LogP contribution in [0, 0.1) is 0 Å². The van der Waals surface area contributed by atoms with E-state index < -0.39 is 0 Å². The van der Waals surface area contributed by atoms with Crippen LogP contribution in [0.3, 0.4) is 0 Å². The van der Waals surface area contributed by atoms with Crippen LogP contribution in [0.2, 0.25) is 5.02 Å². The standard InChI is InChI=1S/C24H28ClN3O2/c1-5-27(6-2)24-21(22(26-30-24)18-10-8-7-9-11-18)16-28(17(3)4)23(29)19-12-14-20(25)15-13-19/h7-15,17H,5-6,16H2,1-4H3. The molecule has 3 rings (SSSR count). The molecule has 0 aliphatic carbocycles. The van der Waals surface area contributed by atoms with Crippen LogP contribution in [0.5, 0.6) is 0 Å². The second-order valence-electron chi connectivity index (χ2n) is 7.39. The number of benzene rings is 2. The summed E-state index contributed by atoms with van der Waals surface area (Å²) in [6, 6.07) is 16.9. The number of amides is 1. The first-order chi connectivity index (χ1) is 14.5. The highest BCUT2D eigenvalue weighted by Crippen LogP contribution is 2.33. The van der Waals surface area contributed by atoms with Crippen molar-refractivity contribution < 1.29 is 9.32 Å². The lowest BCUT2D eigenvalue weighted by molar-refractivity contribution is 0.0690. The van der Waals surface area contributed by atoms with Crippen molar-refractivity contribution in [3.63, 3.8) is 0 Å². The summed E-state index contributed by atoms with van der Waals surface area (Å²) in [6.07, 6.45) is 0. The zero-order valence-electron chi connectivity index (χ0n) is 17.9. The molecule has 1 aromatic heterocycles. The van der Waals surface area contributed by atoms with Crippen molar-refractivity contribution in [2.75, 3.05) is 18.0 Å². The Bertz CT molecular complexity index is 964. The third kappa shape index (κ3) is 4.68. The van der Waals surface area contributed by atoms with Crippen molar-refractivity contribution in [3.05, 3.63) is 70.7 Å². The maximum atomic E-state index is 13.3. The van der Waals surface area contributed by atoms with Crippen LogP contribution >= 0.6 is 11.6 Å². The average Bonchev–Trinajstić information content (AvgIpc) is 3.17.